The zero-order chi connectivity index (χ0) is 22.7. The molecule has 9 heteroatoms. The van der Waals surface area contributed by atoms with E-state index in [0.717, 1.165) is 11.1 Å². The summed E-state index contributed by atoms with van der Waals surface area (Å²) in [4.78, 5) is 16.1. The van der Waals surface area contributed by atoms with Crippen LogP contribution in [-0.4, -0.2) is 38.2 Å². The molecule has 0 atom stereocenters. The molecule has 0 aliphatic carbocycles. The SMILES string of the molecule is CCNC(=NCc1ccc(C(=O)NC)cc1)NCc1ccc(COCC(F)(F)F)cc1. The predicted octanol–water partition coefficient (Wildman–Crippen LogP) is 3.38. The van der Waals surface area contributed by atoms with Crippen LogP contribution in [0.25, 0.3) is 0 Å². The lowest BCUT2D eigenvalue weighted by atomic mass is 10.1. The van der Waals surface area contributed by atoms with E-state index in [1.807, 2.05) is 31.2 Å². The van der Waals surface area contributed by atoms with E-state index < -0.39 is 12.8 Å². The van der Waals surface area contributed by atoms with Gasteiger partial charge in [-0.1, -0.05) is 36.4 Å². The lowest BCUT2D eigenvalue weighted by molar-refractivity contribution is -0.176. The standard InChI is InChI=1S/C22H27F3N4O2/c1-3-27-21(29-13-17-8-10-19(11-9-17)20(30)26-2)28-12-16-4-6-18(7-5-16)14-31-15-22(23,24)25/h4-11H,3,12-15H2,1-2H3,(H,26,30)(H2,27,28,29). The van der Waals surface area contributed by atoms with Crippen LogP contribution in [0.5, 0.6) is 0 Å². The fraction of sp³-hybridized carbons (Fsp3) is 0.364. The van der Waals surface area contributed by atoms with Crippen molar-refractivity contribution in [1.29, 1.82) is 0 Å². The lowest BCUT2D eigenvalue weighted by Crippen LogP contribution is -2.36. The highest BCUT2D eigenvalue weighted by Gasteiger charge is 2.27. The molecule has 0 saturated carbocycles. The fourth-order valence-corrected chi connectivity index (χ4v) is 2.64. The third-order valence-electron chi connectivity index (χ3n) is 4.22. The van der Waals surface area contributed by atoms with Crippen LogP contribution in [0.1, 0.15) is 34.0 Å². The van der Waals surface area contributed by atoms with Crippen molar-refractivity contribution in [3.05, 3.63) is 70.8 Å². The summed E-state index contributed by atoms with van der Waals surface area (Å²) in [6.07, 6.45) is -4.32. The zero-order valence-corrected chi connectivity index (χ0v) is 17.6. The number of hydrogen-bond acceptors (Lipinski definition) is 3. The second-order valence-electron chi connectivity index (χ2n) is 6.75. The van der Waals surface area contributed by atoms with Gasteiger partial charge in [-0.15, -0.1) is 0 Å². The summed E-state index contributed by atoms with van der Waals surface area (Å²) in [5, 5.41) is 8.97. The first kappa shape index (κ1) is 24.2. The van der Waals surface area contributed by atoms with E-state index in [0.29, 0.717) is 36.7 Å². The number of rotatable bonds is 9. The van der Waals surface area contributed by atoms with Gasteiger partial charge in [0.2, 0.25) is 0 Å². The van der Waals surface area contributed by atoms with Gasteiger partial charge < -0.3 is 20.7 Å². The Labute approximate surface area is 179 Å². The molecule has 0 aliphatic heterocycles. The number of nitrogens with one attached hydrogen (secondary N) is 3. The number of benzene rings is 2. The molecule has 0 heterocycles. The van der Waals surface area contributed by atoms with Gasteiger partial charge in [-0.25, -0.2) is 4.99 Å². The van der Waals surface area contributed by atoms with E-state index in [9.17, 15) is 18.0 Å². The molecule has 168 valence electrons. The predicted molar refractivity (Wildman–Crippen MR) is 114 cm³/mol. The van der Waals surface area contributed by atoms with Crippen molar-refractivity contribution in [2.24, 2.45) is 4.99 Å². The number of nitrogens with zero attached hydrogens (tertiary/aromatic N) is 1. The molecule has 0 bridgehead atoms. The number of halogens is 3. The minimum Gasteiger partial charge on any atom is -0.367 e. The van der Waals surface area contributed by atoms with Gasteiger partial charge in [0, 0.05) is 25.7 Å². The Kier molecular flexibility index (Phi) is 9.33. The second-order valence-corrected chi connectivity index (χ2v) is 6.75. The Morgan fingerprint density at radius 1 is 0.968 bits per heavy atom. The number of carbonyl (C=O) groups excluding carboxylic acids is 1. The minimum absolute atomic E-state index is 0.0873. The molecule has 0 unspecified atom stereocenters. The van der Waals surface area contributed by atoms with Crippen LogP contribution in [-0.2, 0) is 24.4 Å². The van der Waals surface area contributed by atoms with Gasteiger partial charge in [-0.2, -0.15) is 13.2 Å². The van der Waals surface area contributed by atoms with Crippen LogP contribution in [0.4, 0.5) is 13.2 Å². The van der Waals surface area contributed by atoms with E-state index in [-0.39, 0.29) is 12.5 Å². The van der Waals surface area contributed by atoms with E-state index in [1.54, 1.807) is 31.3 Å². The Morgan fingerprint density at radius 2 is 1.58 bits per heavy atom. The van der Waals surface area contributed by atoms with Crippen LogP contribution in [0, 0.1) is 0 Å². The number of carbonyl (C=O) groups is 1. The first-order valence-corrected chi connectivity index (χ1v) is 9.86. The molecule has 0 aliphatic rings. The quantitative estimate of drug-likeness (QED) is 0.416. The summed E-state index contributed by atoms with van der Waals surface area (Å²) < 4.78 is 41.1. The van der Waals surface area contributed by atoms with Gasteiger partial charge in [0.05, 0.1) is 13.2 Å². The third kappa shape index (κ3) is 9.08. The first-order valence-electron chi connectivity index (χ1n) is 9.86. The monoisotopic (exact) mass is 436 g/mol. The smallest absolute Gasteiger partial charge is 0.367 e. The van der Waals surface area contributed by atoms with E-state index in [1.165, 1.54) is 0 Å². The molecule has 0 spiro atoms. The topological polar surface area (TPSA) is 74.8 Å². The molecule has 2 aromatic carbocycles. The van der Waals surface area contributed by atoms with Crippen molar-refractivity contribution >= 4 is 11.9 Å². The summed E-state index contributed by atoms with van der Waals surface area (Å²) >= 11 is 0. The highest BCUT2D eigenvalue weighted by Crippen LogP contribution is 2.16. The number of aliphatic imine (C=N–C) groups is 1. The maximum absolute atomic E-state index is 12.1. The molecule has 2 rings (SSSR count). The number of alkyl halides is 3. The van der Waals surface area contributed by atoms with Gasteiger partial charge in [0.1, 0.15) is 6.61 Å². The average molecular weight is 436 g/mol. The van der Waals surface area contributed by atoms with Crippen molar-refractivity contribution < 1.29 is 22.7 Å². The molecular weight excluding hydrogens is 409 g/mol. The van der Waals surface area contributed by atoms with Crippen molar-refractivity contribution in [2.75, 3.05) is 20.2 Å². The van der Waals surface area contributed by atoms with Crippen molar-refractivity contribution in [1.82, 2.24) is 16.0 Å². The van der Waals surface area contributed by atoms with E-state index in [2.05, 4.69) is 25.7 Å². The van der Waals surface area contributed by atoms with Crippen LogP contribution in [0.3, 0.4) is 0 Å². The Balaban J connectivity index is 1.87. The summed E-state index contributed by atoms with van der Waals surface area (Å²) in [5.41, 5.74) is 3.19. The number of ether oxygens (including phenoxy) is 1. The largest absolute Gasteiger partial charge is 0.411 e. The number of amides is 1. The molecule has 0 radical (unpaired) electrons. The van der Waals surface area contributed by atoms with E-state index >= 15 is 0 Å². The summed E-state index contributed by atoms with van der Waals surface area (Å²) in [6, 6.07) is 14.4. The van der Waals surface area contributed by atoms with Crippen molar-refractivity contribution in [3.8, 4) is 0 Å². The number of hydrogen-bond donors (Lipinski definition) is 3. The van der Waals surface area contributed by atoms with Crippen LogP contribution < -0.4 is 16.0 Å². The molecule has 0 fully saturated rings. The van der Waals surface area contributed by atoms with Gasteiger partial charge in [0.25, 0.3) is 5.91 Å². The molecule has 6 nitrogen and oxygen atoms in total. The maximum Gasteiger partial charge on any atom is 0.411 e. The normalized spacial score (nSPS) is 11.8. The van der Waals surface area contributed by atoms with Crippen molar-refractivity contribution in [3.63, 3.8) is 0 Å². The summed E-state index contributed by atoms with van der Waals surface area (Å²) in [7, 11) is 1.59. The van der Waals surface area contributed by atoms with Crippen molar-refractivity contribution in [2.45, 2.75) is 32.8 Å². The number of guanidine groups is 1. The average Bonchev–Trinajstić information content (AvgIpc) is 2.75. The maximum atomic E-state index is 12.1. The lowest BCUT2D eigenvalue weighted by Gasteiger charge is -2.12. The van der Waals surface area contributed by atoms with Gasteiger partial charge in [0.15, 0.2) is 5.96 Å². The Bertz CT molecular complexity index is 851. The third-order valence-corrected chi connectivity index (χ3v) is 4.22. The second kappa shape index (κ2) is 11.9. The van der Waals surface area contributed by atoms with Crippen LogP contribution >= 0.6 is 0 Å². The summed E-state index contributed by atoms with van der Waals surface area (Å²) in [6.45, 7) is 2.26. The Morgan fingerprint density at radius 3 is 2.16 bits per heavy atom. The molecule has 2 aromatic rings. The fourth-order valence-electron chi connectivity index (χ4n) is 2.64. The molecule has 0 saturated heterocycles. The zero-order valence-electron chi connectivity index (χ0n) is 17.6. The molecule has 0 aromatic heterocycles. The highest BCUT2D eigenvalue weighted by molar-refractivity contribution is 5.93. The molecule has 3 N–H and O–H groups in total. The first-order chi connectivity index (χ1) is 14.8. The van der Waals surface area contributed by atoms with Gasteiger partial charge in [-0.3, -0.25) is 4.79 Å². The van der Waals surface area contributed by atoms with Gasteiger partial charge >= 0.3 is 6.18 Å². The Hall–Kier alpha value is -3.07. The highest BCUT2D eigenvalue weighted by atomic mass is 19.4. The molecule has 1 amide bonds. The van der Waals surface area contributed by atoms with Crippen LogP contribution in [0.2, 0.25) is 0 Å². The summed E-state index contributed by atoms with van der Waals surface area (Å²) in [5.74, 6) is 0.499. The van der Waals surface area contributed by atoms with E-state index in [4.69, 9.17) is 0 Å². The molecule has 31 heavy (non-hydrogen) atoms. The van der Waals surface area contributed by atoms with Crippen LogP contribution in [0.15, 0.2) is 53.5 Å². The minimum atomic E-state index is -4.32. The van der Waals surface area contributed by atoms with Gasteiger partial charge in [-0.05, 0) is 35.7 Å². The molecular formula is C22H27F3N4O2.